The van der Waals surface area contributed by atoms with E-state index in [0.29, 0.717) is 16.9 Å². The highest BCUT2D eigenvalue weighted by Gasteiger charge is 2.36. The minimum atomic E-state index is -4.63. The van der Waals surface area contributed by atoms with E-state index in [1.165, 1.54) is 30.3 Å². The molecule has 3 aromatic rings. The first-order valence-electron chi connectivity index (χ1n) is 8.73. The Kier molecular flexibility index (Phi) is 4.55. The smallest absolute Gasteiger partial charge is 0.339 e. The zero-order valence-corrected chi connectivity index (χ0v) is 15.2. The Balaban J connectivity index is 1.70. The van der Waals surface area contributed by atoms with Crippen molar-refractivity contribution in [3.8, 4) is 0 Å². The monoisotopic (exact) mass is 401 g/mol. The summed E-state index contributed by atoms with van der Waals surface area (Å²) in [6.07, 6.45) is -3.25. The molecule has 148 valence electrons. The van der Waals surface area contributed by atoms with Crippen molar-refractivity contribution in [2.75, 3.05) is 0 Å². The third-order valence-corrected chi connectivity index (χ3v) is 4.87. The number of hydrogen-bond donors (Lipinski definition) is 1. The fraction of sp³-hybridized carbons (Fsp3) is 0.190. The molecule has 2 heterocycles. The minimum absolute atomic E-state index is 0.00176. The van der Waals surface area contributed by atoms with Gasteiger partial charge >= 0.3 is 6.18 Å². The van der Waals surface area contributed by atoms with Crippen LogP contribution in [0.1, 0.15) is 22.9 Å². The van der Waals surface area contributed by atoms with Crippen LogP contribution in [0.2, 0.25) is 0 Å². The number of fused-ring (bicyclic) bond motifs is 1. The van der Waals surface area contributed by atoms with Crippen LogP contribution in [0.4, 0.5) is 23.2 Å². The average Bonchev–Trinajstić information content (AvgIpc) is 3.26. The van der Waals surface area contributed by atoms with E-state index in [1.807, 2.05) is 0 Å². The zero-order chi connectivity index (χ0) is 20.8. The predicted octanol–water partition coefficient (Wildman–Crippen LogP) is 5.82. The lowest BCUT2D eigenvalue weighted by Gasteiger charge is -2.13. The lowest BCUT2D eigenvalue weighted by atomic mass is 10.1. The molecule has 4 rings (SSSR count). The number of hydrogen-bond acceptors (Lipinski definition) is 2. The van der Waals surface area contributed by atoms with Crippen LogP contribution < -0.4 is 5.48 Å². The lowest BCUT2D eigenvalue weighted by Crippen LogP contribution is -2.13. The van der Waals surface area contributed by atoms with Gasteiger partial charge in [-0.1, -0.05) is 18.2 Å². The van der Waals surface area contributed by atoms with Crippen LogP contribution >= 0.6 is 0 Å². The normalized spacial score (nSPS) is 16.6. The average molecular weight is 401 g/mol. The highest BCUT2D eigenvalue weighted by molar-refractivity contribution is 5.90. The molecule has 0 saturated heterocycles. The van der Waals surface area contributed by atoms with Gasteiger partial charge in [0.05, 0.1) is 24.4 Å². The Morgan fingerprint density at radius 2 is 1.90 bits per heavy atom. The fourth-order valence-electron chi connectivity index (χ4n) is 3.52. The van der Waals surface area contributed by atoms with E-state index in [2.05, 4.69) is 10.3 Å². The summed E-state index contributed by atoms with van der Waals surface area (Å²) in [6, 6.07) is 10.1. The summed E-state index contributed by atoms with van der Waals surface area (Å²) in [4.78, 5) is 8.54. The number of halogens is 4. The summed E-state index contributed by atoms with van der Waals surface area (Å²) >= 11 is 0. The number of aromatic nitrogens is 1. The number of nitrogens with one attached hydrogen (secondary N) is 1. The van der Waals surface area contributed by atoms with Gasteiger partial charge < -0.3 is 4.57 Å². The summed E-state index contributed by atoms with van der Waals surface area (Å²) < 4.78 is 55.5. The molecule has 0 radical (unpaired) electrons. The van der Waals surface area contributed by atoms with E-state index in [-0.39, 0.29) is 17.7 Å². The molecule has 4 nitrogen and oxygen atoms in total. The largest absolute Gasteiger partial charge is 0.408 e. The standard InChI is InChI=1S/C21H15F4N3O/c1-12-9-16-18(8-7-17(26-2)20(16)21(23,24)25)28(12)11-15-10-19(29-27-15)13-3-5-14(22)6-4-13/h3-10,19,27H,11H2,1H3. The number of allylic oxidation sites excluding steroid dienone is 1. The van der Waals surface area contributed by atoms with Gasteiger partial charge in [-0.25, -0.2) is 9.24 Å². The summed E-state index contributed by atoms with van der Waals surface area (Å²) in [5.74, 6) is -0.349. The second-order valence-electron chi connectivity index (χ2n) is 6.76. The number of aryl methyl sites for hydroxylation is 1. The van der Waals surface area contributed by atoms with E-state index in [1.54, 1.807) is 29.7 Å². The number of benzene rings is 2. The number of rotatable bonds is 3. The first-order valence-corrected chi connectivity index (χ1v) is 8.73. The van der Waals surface area contributed by atoms with Crippen LogP contribution in [0, 0.1) is 19.3 Å². The molecule has 8 heteroatoms. The minimum Gasteiger partial charge on any atom is -0.339 e. The van der Waals surface area contributed by atoms with Crippen LogP contribution in [0.5, 0.6) is 0 Å². The van der Waals surface area contributed by atoms with Crippen LogP contribution in [0.3, 0.4) is 0 Å². The Morgan fingerprint density at radius 1 is 1.17 bits per heavy atom. The van der Waals surface area contributed by atoms with Gasteiger partial charge in [-0.15, -0.1) is 0 Å². The first-order chi connectivity index (χ1) is 13.8. The van der Waals surface area contributed by atoms with Crippen molar-refractivity contribution in [3.63, 3.8) is 0 Å². The Bertz CT molecular complexity index is 1150. The molecule has 1 aromatic heterocycles. The zero-order valence-electron chi connectivity index (χ0n) is 15.2. The van der Waals surface area contributed by atoms with Crippen molar-refractivity contribution in [1.82, 2.24) is 10.0 Å². The van der Waals surface area contributed by atoms with E-state index < -0.39 is 23.5 Å². The van der Waals surface area contributed by atoms with Gasteiger partial charge in [0.2, 0.25) is 0 Å². The molecular formula is C21H15F4N3O. The van der Waals surface area contributed by atoms with Gasteiger partial charge in [0.15, 0.2) is 5.69 Å². The molecule has 0 fully saturated rings. The molecule has 1 N–H and O–H groups in total. The molecule has 0 bridgehead atoms. The first kappa shape index (κ1) is 19.0. The Labute approximate surface area is 163 Å². The van der Waals surface area contributed by atoms with Crippen molar-refractivity contribution in [1.29, 1.82) is 0 Å². The topological polar surface area (TPSA) is 30.5 Å². The molecule has 0 aliphatic carbocycles. The molecule has 0 amide bonds. The van der Waals surface area contributed by atoms with Gasteiger partial charge in [0.25, 0.3) is 0 Å². The van der Waals surface area contributed by atoms with Crippen molar-refractivity contribution >= 4 is 16.6 Å². The second kappa shape index (κ2) is 6.94. The molecule has 29 heavy (non-hydrogen) atoms. The van der Waals surface area contributed by atoms with E-state index >= 15 is 0 Å². The fourth-order valence-corrected chi connectivity index (χ4v) is 3.52. The Morgan fingerprint density at radius 3 is 2.55 bits per heavy atom. The molecule has 1 aliphatic heterocycles. The van der Waals surface area contributed by atoms with Crippen LogP contribution in [0.25, 0.3) is 15.7 Å². The van der Waals surface area contributed by atoms with Gasteiger partial charge in [0.1, 0.15) is 11.9 Å². The summed E-state index contributed by atoms with van der Waals surface area (Å²) in [7, 11) is 0. The Hall–Kier alpha value is -3.31. The third kappa shape index (κ3) is 3.45. The third-order valence-electron chi connectivity index (χ3n) is 4.87. The highest BCUT2D eigenvalue weighted by Crippen LogP contribution is 2.42. The molecule has 2 aromatic carbocycles. The van der Waals surface area contributed by atoms with Crippen molar-refractivity contribution < 1.29 is 22.4 Å². The van der Waals surface area contributed by atoms with Crippen LogP contribution in [-0.4, -0.2) is 4.57 Å². The van der Waals surface area contributed by atoms with Crippen molar-refractivity contribution in [2.45, 2.75) is 25.7 Å². The van der Waals surface area contributed by atoms with E-state index in [9.17, 15) is 17.6 Å². The van der Waals surface area contributed by atoms with Gasteiger partial charge in [0, 0.05) is 16.6 Å². The van der Waals surface area contributed by atoms with E-state index in [0.717, 1.165) is 5.56 Å². The molecule has 0 spiro atoms. The lowest BCUT2D eigenvalue weighted by molar-refractivity contribution is -0.135. The maximum absolute atomic E-state index is 13.6. The van der Waals surface area contributed by atoms with Gasteiger partial charge in [-0.2, -0.15) is 13.2 Å². The number of hydroxylamine groups is 1. The maximum atomic E-state index is 13.6. The van der Waals surface area contributed by atoms with Crippen molar-refractivity contribution in [3.05, 3.63) is 88.3 Å². The molecule has 0 saturated carbocycles. The second-order valence-corrected chi connectivity index (χ2v) is 6.76. The van der Waals surface area contributed by atoms with Crippen LogP contribution in [0.15, 0.2) is 54.2 Å². The summed E-state index contributed by atoms with van der Waals surface area (Å²) in [6.45, 7) is 9.04. The van der Waals surface area contributed by atoms with Gasteiger partial charge in [-0.05, 0) is 42.8 Å². The predicted molar refractivity (Wildman–Crippen MR) is 99.4 cm³/mol. The molecular weight excluding hydrogens is 386 g/mol. The molecule has 1 aliphatic rings. The summed E-state index contributed by atoms with van der Waals surface area (Å²) in [5, 5.41) is -0.00176. The number of nitrogens with zero attached hydrogens (tertiary/aromatic N) is 2. The maximum Gasteiger partial charge on any atom is 0.408 e. The van der Waals surface area contributed by atoms with Crippen LogP contribution in [-0.2, 0) is 17.6 Å². The number of alkyl halides is 3. The van der Waals surface area contributed by atoms with Crippen molar-refractivity contribution in [2.24, 2.45) is 0 Å². The van der Waals surface area contributed by atoms with Gasteiger partial charge in [-0.3, -0.25) is 10.3 Å². The highest BCUT2D eigenvalue weighted by atomic mass is 19.4. The summed E-state index contributed by atoms with van der Waals surface area (Å²) in [5.41, 5.74) is 3.89. The quantitative estimate of drug-likeness (QED) is 0.443. The molecule has 1 unspecified atom stereocenters. The van der Waals surface area contributed by atoms with E-state index in [4.69, 9.17) is 11.4 Å². The molecule has 1 atom stereocenters. The SMILES string of the molecule is [C-]#[N+]c1ccc2c(cc(C)n2CC2=CC(c3ccc(F)cc3)ON2)c1C(F)(F)F.